The first kappa shape index (κ1) is 19.9. The molecular formula is C25H23N3O4. The van der Waals surface area contributed by atoms with Crippen molar-refractivity contribution in [3.8, 4) is 28.5 Å². The van der Waals surface area contributed by atoms with Gasteiger partial charge in [-0.3, -0.25) is 4.79 Å². The number of rotatable bonds is 5. The molecule has 7 heteroatoms. The molecule has 2 aromatic carbocycles. The summed E-state index contributed by atoms with van der Waals surface area (Å²) in [4.78, 5) is 17.1. The van der Waals surface area contributed by atoms with Gasteiger partial charge in [0.25, 0.3) is 5.91 Å². The quantitative estimate of drug-likeness (QED) is 0.509. The predicted octanol–water partition coefficient (Wildman–Crippen LogP) is 4.41. The van der Waals surface area contributed by atoms with E-state index in [2.05, 4.69) is 10.3 Å². The van der Waals surface area contributed by atoms with Crippen molar-refractivity contribution >= 4 is 17.2 Å². The fourth-order valence-corrected chi connectivity index (χ4v) is 3.61. The van der Waals surface area contributed by atoms with E-state index < -0.39 is 0 Å². The Morgan fingerprint density at radius 3 is 2.75 bits per heavy atom. The minimum atomic E-state index is -0.225. The highest BCUT2D eigenvalue weighted by molar-refractivity contribution is 5.92. The highest BCUT2D eigenvalue weighted by Gasteiger charge is 2.14. The lowest BCUT2D eigenvalue weighted by Gasteiger charge is -2.18. The normalized spacial score (nSPS) is 12.6. The second-order valence-electron chi connectivity index (χ2n) is 7.77. The van der Waals surface area contributed by atoms with Crippen LogP contribution in [0.5, 0.6) is 17.2 Å². The molecule has 0 saturated carbocycles. The Hall–Kier alpha value is -4.00. The standard InChI is InChI=1S/C25H23N3O4/c1-16-3-4-17(2)22(11-16)32-15-25(29)26-19-6-8-24-27-20(14-28(24)13-19)18-5-7-21-23(12-18)31-10-9-30-21/h3-8,11-14H,9-10,15H2,1-2H3,(H,26,29). The van der Waals surface area contributed by atoms with E-state index in [1.807, 2.05) is 79.2 Å². The maximum Gasteiger partial charge on any atom is 0.262 e. The van der Waals surface area contributed by atoms with Gasteiger partial charge in [0.1, 0.15) is 24.6 Å². The molecule has 0 bridgehead atoms. The van der Waals surface area contributed by atoms with E-state index in [0.29, 0.717) is 24.7 Å². The largest absolute Gasteiger partial charge is 0.486 e. The number of ether oxygens (including phenoxy) is 3. The van der Waals surface area contributed by atoms with Crippen molar-refractivity contribution in [2.45, 2.75) is 13.8 Å². The average Bonchev–Trinajstić information content (AvgIpc) is 3.23. The highest BCUT2D eigenvalue weighted by Crippen LogP contribution is 2.34. The zero-order valence-corrected chi connectivity index (χ0v) is 17.9. The second-order valence-corrected chi connectivity index (χ2v) is 7.77. The van der Waals surface area contributed by atoms with Crippen LogP contribution in [0.25, 0.3) is 16.9 Å². The van der Waals surface area contributed by atoms with Crippen LogP contribution in [0.4, 0.5) is 5.69 Å². The summed E-state index contributed by atoms with van der Waals surface area (Å²) in [6.07, 6.45) is 3.75. The van der Waals surface area contributed by atoms with Crippen molar-refractivity contribution in [2.75, 3.05) is 25.1 Å². The molecule has 1 aliphatic rings. The van der Waals surface area contributed by atoms with Crippen LogP contribution >= 0.6 is 0 Å². The number of amides is 1. The molecule has 1 N–H and O–H groups in total. The topological polar surface area (TPSA) is 74.1 Å². The van der Waals surface area contributed by atoms with Crippen molar-refractivity contribution < 1.29 is 19.0 Å². The molecule has 0 spiro atoms. The van der Waals surface area contributed by atoms with Gasteiger partial charge in [-0.1, -0.05) is 12.1 Å². The Morgan fingerprint density at radius 1 is 1.03 bits per heavy atom. The Bertz CT molecular complexity index is 1310. The van der Waals surface area contributed by atoms with Gasteiger partial charge in [-0.2, -0.15) is 0 Å². The molecule has 0 atom stereocenters. The number of nitrogens with one attached hydrogen (secondary N) is 1. The minimum Gasteiger partial charge on any atom is -0.486 e. The molecule has 7 nitrogen and oxygen atoms in total. The molecule has 0 radical (unpaired) electrons. The van der Waals surface area contributed by atoms with Crippen LogP contribution in [0.1, 0.15) is 11.1 Å². The van der Waals surface area contributed by atoms with Crippen LogP contribution in [-0.4, -0.2) is 35.1 Å². The monoisotopic (exact) mass is 429 g/mol. The zero-order chi connectivity index (χ0) is 22.1. The van der Waals surface area contributed by atoms with Gasteiger partial charge in [-0.05, 0) is 61.4 Å². The number of hydrogen-bond acceptors (Lipinski definition) is 5. The zero-order valence-electron chi connectivity index (χ0n) is 17.9. The number of hydrogen-bond donors (Lipinski definition) is 1. The van der Waals surface area contributed by atoms with Crippen LogP contribution < -0.4 is 19.5 Å². The van der Waals surface area contributed by atoms with Crippen molar-refractivity contribution in [3.63, 3.8) is 0 Å². The maximum absolute atomic E-state index is 12.4. The lowest BCUT2D eigenvalue weighted by molar-refractivity contribution is -0.118. The number of imidazole rings is 1. The number of anilines is 1. The van der Waals surface area contributed by atoms with Crippen LogP contribution in [0.2, 0.25) is 0 Å². The summed E-state index contributed by atoms with van der Waals surface area (Å²) in [7, 11) is 0. The molecule has 162 valence electrons. The van der Waals surface area contributed by atoms with Crippen molar-refractivity contribution in [3.05, 3.63) is 72.1 Å². The first-order chi connectivity index (χ1) is 15.5. The van der Waals surface area contributed by atoms with Gasteiger partial charge in [0, 0.05) is 18.0 Å². The Morgan fingerprint density at radius 2 is 1.88 bits per heavy atom. The molecule has 32 heavy (non-hydrogen) atoms. The Balaban J connectivity index is 1.29. The predicted molar refractivity (Wildman–Crippen MR) is 122 cm³/mol. The van der Waals surface area contributed by atoms with Gasteiger partial charge in [-0.25, -0.2) is 4.98 Å². The molecule has 2 aromatic heterocycles. The third kappa shape index (κ3) is 4.09. The average molecular weight is 429 g/mol. The van der Waals surface area contributed by atoms with Crippen molar-refractivity contribution in [1.82, 2.24) is 9.38 Å². The third-order valence-corrected chi connectivity index (χ3v) is 5.28. The number of fused-ring (bicyclic) bond motifs is 2. The van der Waals surface area contributed by atoms with Crippen LogP contribution in [0.15, 0.2) is 60.9 Å². The van der Waals surface area contributed by atoms with E-state index in [1.165, 1.54) is 0 Å². The summed E-state index contributed by atoms with van der Waals surface area (Å²) in [6, 6.07) is 15.4. The molecule has 4 aromatic rings. The van der Waals surface area contributed by atoms with Crippen molar-refractivity contribution in [2.24, 2.45) is 0 Å². The number of aryl methyl sites for hydroxylation is 2. The second kappa shape index (κ2) is 8.26. The number of benzene rings is 2. The van der Waals surface area contributed by atoms with E-state index >= 15 is 0 Å². The molecule has 0 saturated heterocycles. The number of pyridine rings is 1. The van der Waals surface area contributed by atoms with Gasteiger partial charge in [0.15, 0.2) is 18.1 Å². The molecule has 1 amide bonds. The summed E-state index contributed by atoms with van der Waals surface area (Å²) in [5.74, 6) is 1.96. The summed E-state index contributed by atoms with van der Waals surface area (Å²) in [5, 5.41) is 2.88. The number of carbonyl (C=O) groups is 1. The van der Waals surface area contributed by atoms with Gasteiger partial charge in [0.05, 0.1) is 11.4 Å². The molecule has 0 unspecified atom stereocenters. The Kier molecular flexibility index (Phi) is 5.15. The van der Waals surface area contributed by atoms with E-state index in [4.69, 9.17) is 14.2 Å². The van der Waals surface area contributed by atoms with Gasteiger partial charge < -0.3 is 23.9 Å². The summed E-state index contributed by atoms with van der Waals surface area (Å²) < 4.78 is 18.8. The van der Waals surface area contributed by atoms with Crippen LogP contribution in [0.3, 0.4) is 0 Å². The van der Waals surface area contributed by atoms with E-state index in [0.717, 1.165) is 39.5 Å². The molecular weight excluding hydrogens is 406 g/mol. The van der Waals surface area contributed by atoms with Crippen LogP contribution in [-0.2, 0) is 4.79 Å². The van der Waals surface area contributed by atoms with Crippen molar-refractivity contribution in [1.29, 1.82) is 0 Å². The smallest absolute Gasteiger partial charge is 0.262 e. The molecule has 5 rings (SSSR count). The summed E-state index contributed by atoms with van der Waals surface area (Å²) in [5.41, 5.74) is 5.27. The van der Waals surface area contributed by atoms with Gasteiger partial charge in [-0.15, -0.1) is 0 Å². The van der Waals surface area contributed by atoms with Crippen LogP contribution in [0, 0.1) is 13.8 Å². The lowest BCUT2D eigenvalue weighted by atomic mass is 10.1. The fourth-order valence-electron chi connectivity index (χ4n) is 3.61. The van der Waals surface area contributed by atoms with Gasteiger partial charge >= 0.3 is 0 Å². The van der Waals surface area contributed by atoms with E-state index in [9.17, 15) is 4.79 Å². The summed E-state index contributed by atoms with van der Waals surface area (Å²) in [6.45, 7) is 4.99. The minimum absolute atomic E-state index is 0.0608. The Labute approximate surface area is 185 Å². The fraction of sp³-hybridized carbons (Fsp3) is 0.200. The number of nitrogens with zero attached hydrogens (tertiary/aromatic N) is 2. The lowest BCUT2D eigenvalue weighted by Crippen LogP contribution is -2.20. The molecule has 1 aliphatic heterocycles. The molecule has 0 aliphatic carbocycles. The maximum atomic E-state index is 12.4. The highest BCUT2D eigenvalue weighted by atomic mass is 16.6. The number of aromatic nitrogens is 2. The van der Waals surface area contributed by atoms with E-state index in [1.54, 1.807) is 0 Å². The SMILES string of the molecule is Cc1ccc(C)c(OCC(=O)Nc2ccc3nc(-c4ccc5c(c4)OCCO5)cn3c2)c1. The first-order valence-corrected chi connectivity index (χ1v) is 10.4. The van der Waals surface area contributed by atoms with Gasteiger partial charge in [0.2, 0.25) is 0 Å². The summed E-state index contributed by atoms with van der Waals surface area (Å²) >= 11 is 0. The number of carbonyl (C=O) groups excluding carboxylic acids is 1. The molecule has 3 heterocycles. The first-order valence-electron chi connectivity index (χ1n) is 10.4. The third-order valence-electron chi connectivity index (χ3n) is 5.28. The van der Waals surface area contributed by atoms with E-state index in [-0.39, 0.29) is 12.5 Å². The molecule has 0 fully saturated rings.